The second-order valence-corrected chi connectivity index (χ2v) is 5.29. The monoisotopic (exact) mass is 317 g/mol. The summed E-state index contributed by atoms with van der Waals surface area (Å²) >= 11 is 0. The van der Waals surface area contributed by atoms with Gasteiger partial charge in [-0.3, -0.25) is 9.78 Å². The van der Waals surface area contributed by atoms with E-state index in [0.717, 1.165) is 16.5 Å². The van der Waals surface area contributed by atoms with Gasteiger partial charge in [0.2, 0.25) is 11.8 Å². The van der Waals surface area contributed by atoms with Gasteiger partial charge in [-0.15, -0.1) is 0 Å². The first-order chi connectivity index (χ1) is 11.7. The van der Waals surface area contributed by atoms with Crippen molar-refractivity contribution >= 4 is 10.9 Å². The van der Waals surface area contributed by atoms with Crippen LogP contribution in [0, 0.1) is 11.3 Å². The van der Waals surface area contributed by atoms with E-state index in [2.05, 4.69) is 21.0 Å². The van der Waals surface area contributed by atoms with Crippen molar-refractivity contribution in [3.63, 3.8) is 0 Å². The molecule has 3 N–H and O–H groups in total. The molecular weight excluding hydrogens is 306 g/mol. The van der Waals surface area contributed by atoms with Gasteiger partial charge in [-0.25, -0.2) is 4.98 Å². The number of hydrogen-bond donors (Lipinski definition) is 2. The Morgan fingerprint density at radius 2 is 2.08 bits per heavy atom. The molecule has 0 bridgehead atoms. The van der Waals surface area contributed by atoms with Crippen molar-refractivity contribution in [1.29, 1.82) is 5.26 Å². The number of aromatic nitrogens is 3. The molecule has 0 saturated heterocycles. The molecular formula is C17H11N5O2. The quantitative estimate of drug-likeness (QED) is 0.703. The second kappa shape index (κ2) is 5.21. The number of aromatic amines is 1. The third kappa shape index (κ3) is 1.94. The molecule has 2 aromatic heterocycles. The van der Waals surface area contributed by atoms with Crippen molar-refractivity contribution in [2.24, 2.45) is 5.73 Å². The molecule has 0 spiro atoms. The van der Waals surface area contributed by atoms with Crippen LogP contribution < -0.4 is 16.0 Å². The lowest BCUT2D eigenvalue weighted by molar-refractivity contribution is 0.375. The number of H-pyrrole nitrogens is 1. The number of nitrogens with two attached hydrogens (primary N) is 1. The number of hydrogen-bond acceptors (Lipinski definition) is 6. The van der Waals surface area contributed by atoms with Gasteiger partial charge in [-0.2, -0.15) is 5.26 Å². The van der Waals surface area contributed by atoms with Crippen LogP contribution in [0.3, 0.4) is 0 Å². The van der Waals surface area contributed by atoms with E-state index in [4.69, 9.17) is 10.5 Å². The third-order valence-corrected chi connectivity index (χ3v) is 4.02. The first-order valence-electron chi connectivity index (χ1n) is 7.19. The van der Waals surface area contributed by atoms with Crippen LogP contribution in [-0.4, -0.2) is 15.0 Å². The maximum Gasteiger partial charge on any atom is 0.258 e. The van der Waals surface area contributed by atoms with E-state index in [-0.39, 0.29) is 28.5 Å². The van der Waals surface area contributed by atoms with Gasteiger partial charge in [-0.05, 0) is 17.7 Å². The van der Waals surface area contributed by atoms with E-state index in [1.54, 1.807) is 12.3 Å². The predicted molar refractivity (Wildman–Crippen MR) is 85.9 cm³/mol. The number of ether oxygens (including phenoxy) is 1. The maximum absolute atomic E-state index is 12.4. The van der Waals surface area contributed by atoms with E-state index < -0.39 is 5.92 Å². The highest BCUT2D eigenvalue weighted by Crippen LogP contribution is 2.40. The summed E-state index contributed by atoms with van der Waals surface area (Å²) in [5.74, 6) is -0.598. The third-order valence-electron chi connectivity index (χ3n) is 4.02. The Labute approximate surface area is 136 Å². The Kier molecular flexibility index (Phi) is 3.03. The second-order valence-electron chi connectivity index (χ2n) is 5.29. The van der Waals surface area contributed by atoms with Gasteiger partial charge in [0.05, 0.1) is 23.3 Å². The zero-order valence-electron chi connectivity index (χ0n) is 12.4. The fourth-order valence-electron chi connectivity index (χ4n) is 2.98. The zero-order valence-corrected chi connectivity index (χ0v) is 12.4. The SMILES string of the molecule is N#CC1=C(N)Oc2nc[nH]c(=O)c2[C@@H]1c1ccnc2ccccc12. The summed E-state index contributed by atoms with van der Waals surface area (Å²) in [6.07, 6.45) is 2.88. The Bertz CT molecular complexity index is 1090. The minimum Gasteiger partial charge on any atom is -0.422 e. The molecule has 0 radical (unpaired) electrons. The van der Waals surface area contributed by atoms with Crippen LogP contribution in [-0.2, 0) is 0 Å². The number of allylic oxidation sites excluding steroid dienone is 1. The number of nitriles is 1. The lowest BCUT2D eigenvalue weighted by Crippen LogP contribution is -2.28. The van der Waals surface area contributed by atoms with E-state index in [1.165, 1.54) is 6.33 Å². The summed E-state index contributed by atoms with van der Waals surface area (Å²) in [5, 5.41) is 10.4. The largest absolute Gasteiger partial charge is 0.422 e. The van der Waals surface area contributed by atoms with Crippen LogP contribution in [0.25, 0.3) is 10.9 Å². The van der Waals surface area contributed by atoms with Crippen LogP contribution in [0.5, 0.6) is 5.88 Å². The van der Waals surface area contributed by atoms with E-state index in [0.29, 0.717) is 0 Å². The summed E-state index contributed by atoms with van der Waals surface area (Å²) in [5.41, 5.74) is 7.48. The highest BCUT2D eigenvalue weighted by Gasteiger charge is 2.34. The molecule has 3 aromatic rings. The number of nitrogens with one attached hydrogen (secondary N) is 1. The normalized spacial score (nSPS) is 16.4. The van der Waals surface area contributed by atoms with Gasteiger partial charge in [0.25, 0.3) is 5.56 Å². The maximum atomic E-state index is 12.4. The van der Waals surface area contributed by atoms with Crippen molar-refractivity contribution in [2.45, 2.75) is 5.92 Å². The molecule has 3 heterocycles. The Hall–Kier alpha value is -3.66. The van der Waals surface area contributed by atoms with Crippen LogP contribution in [0.15, 0.2) is 59.1 Å². The lowest BCUT2D eigenvalue weighted by Gasteiger charge is -2.25. The highest BCUT2D eigenvalue weighted by atomic mass is 16.5. The van der Waals surface area contributed by atoms with Crippen molar-refractivity contribution in [3.05, 3.63) is 75.8 Å². The molecule has 1 aliphatic heterocycles. The number of nitrogens with zero attached hydrogens (tertiary/aromatic N) is 3. The first kappa shape index (κ1) is 14.0. The molecule has 0 aliphatic carbocycles. The van der Waals surface area contributed by atoms with Gasteiger partial charge < -0.3 is 15.5 Å². The number of pyridine rings is 1. The molecule has 24 heavy (non-hydrogen) atoms. The summed E-state index contributed by atoms with van der Waals surface area (Å²) in [7, 11) is 0. The van der Waals surface area contributed by atoms with E-state index >= 15 is 0 Å². The van der Waals surface area contributed by atoms with Crippen LogP contribution in [0.2, 0.25) is 0 Å². The first-order valence-corrected chi connectivity index (χ1v) is 7.19. The molecule has 1 aliphatic rings. The fraction of sp³-hybridized carbons (Fsp3) is 0.0588. The van der Waals surface area contributed by atoms with Crippen molar-refractivity contribution in [3.8, 4) is 11.9 Å². The number of benzene rings is 1. The van der Waals surface area contributed by atoms with Crippen molar-refractivity contribution in [1.82, 2.24) is 15.0 Å². The predicted octanol–water partition coefficient (Wildman–Crippen LogP) is 1.54. The van der Waals surface area contributed by atoms with E-state index in [9.17, 15) is 10.1 Å². The number of para-hydroxylation sites is 1. The summed E-state index contributed by atoms with van der Waals surface area (Å²) < 4.78 is 5.37. The Morgan fingerprint density at radius 1 is 1.25 bits per heavy atom. The fourth-order valence-corrected chi connectivity index (χ4v) is 2.98. The number of rotatable bonds is 1. The van der Waals surface area contributed by atoms with Crippen LogP contribution >= 0.6 is 0 Å². The molecule has 7 heteroatoms. The summed E-state index contributed by atoms with van der Waals surface area (Å²) in [4.78, 5) is 23.3. The van der Waals surface area contributed by atoms with E-state index in [1.807, 2.05) is 24.3 Å². The molecule has 0 unspecified atom stereocenters. The average molecular weight is 317 g/mol. The zero-order chi connectivity index (χ0) is 16.7. The minimum absolute atomic E-state index is 0.0472. The van der Waals surface area contributed by atoms with Gasteiger partial charge >= 0.3 is 0 Å². The molecule has 116 valence electrons. The number of fused-ring (bicyclic) bond motifs is 2. The standard InChI is InChI=1S/C17H11N5O2/c18-7-11-13(10-5-6-20-12-4-2-1-3-9(10)12)14-16(23)21-8-22-17(14)24-15(11)19/h1-6,8,13H,19H2,(H,21,22,23)/t13-/m1/s1. The molecule has 1 atom stereocenters. The summed E-state index contributed by atoms with van der Waals surface area (Å²) in [6, 6.07) is 11.3. The van der Waals surface area contributed by atoms with Gasteiger partial charge in [0.15, 0.2) is 0 Å². The minimum atomic E-state index is -0.663. The Morgan fingerprint density at radius 3 is 2.92 bits per heavy atom. The highest BCUT2D eigenvalue weighted by molar-refractivity contribution is 5.84. The molecule has 0 fully saturated rings. The van der Waals surface area contributed by atoms with Gasteiger partial charge in [0, 0.05) is 11.6 Å². The molecule has 7 nitrogen and oxygen atoms in total. The van der Waals surface area contributed by atoms with Crippen molar-refractivity contribution < 1.29 is 4.74 Å². The smallest absolute Gasteiger partial charge is 0.258 e. The van der Waals surface area contributed by atoms with Crippen molar-refractivity contribution in [2.75, 3.05) is 0 Å². The molecule has 4 rings (SSSR count). The summed E-state index contributed by atoms with van der Waals surface area (Å²) in [6.45, 7) is 0. The van der Waals surface area contributed by atoms with Crippen LogP contribution in [0.4, 0.5) is 0 Å². The molecule has 0 amide bonds. The molecule has 1 aromatic carbocycles. The Balaban J connectivity index is 2.10. The lowest BCUT2D eigenvalue weighted by atomic mass is 9.83. The van der Waals surface area contributed by atoms with Crippen LogP contribution in [0.1, 0.15) is 17.0 Å². The van der Waals surface area contributed by atoms with Gasteiger partial charge in [-0.1, -0.05) is 18.2 Å². The average Bonchev–Trinajstić information content (AvgIpc) is 2.60. The molecule has 0 saturated carbocycles. The van der Waals surface area contributed by atoms with Gasteiger partial charge in [0.1, 0.15) is 11.6 Å². The topological polar surface area (TPSA) is 118 Å².